The number of aliphatic imine (C=N–C) groups is 1. The van der Waals surface area contributed by atoms with Crippen LogP contribution in [0.25, 0.3) is 0 Å². The van der Waals surface area contributed by atoms with Gasteiger partial charge in [-0.25, -0.2) is 14.0 Å². The van der Waals surface area contributed by atoms with Gasteiger partial charge in [0.1, 0.15) is 17.1 Å². The highest BCUT2D eigenvalue weighted by molar-refractivity contribution is 5.90. The van der Waals surface area contributed by atoms with Gasteiger partial charge in [-0.2, -0.15) is 4.99 Å². The topological polar surface area (TPSA) is 85.2 Å². The fourth-order valence-electron chi connectivity index (χ4n) is 1.68. The summed E-state index contributed by atoms with van der Waals surface area (Å²) in [6, 6.07) is 3.16. The molecule has 1 aromatic rings. The summed E-state index contributed by atoms with van der Waals surface area (Å²) in [6.45, 7) is 5.42. The summed E-state index contributed by atoms with van der Waals surface area (Å²) in [5.41, 5.74) is -0.663. The third-order valence-corrected chi connectivity index (χ3v) is 2.48. The number of carboxylic acids is 1. The van der Waals surface area contributed by atoms with Gasteiger partial charge in [0.15, 0.2) is 6.23 Å². The van der Waals surface area contributed by atoms with Crippen molar-refractivity contribution in [3.63, 3.8) is 0 Å². The zero-order chi connectivity index (χ0) is 16.8. The number of ether oxygens (including phenoxy) is 2. The summed E-state index contributed by atoms with van der Waals surface area (Å²) < 4.78 is 24.0. The lowest BCUT2D eigenvalue weighted by Gasteiger charge is -2.24. The highest BCUT2D eigenvalue weighted by Gasteiger charge is 2.19. The number of carbonyl (C=O) groups is 1. The summed E-state index contributed by atoms with van der Waals surface area (Å²) in [6.07, 6.45) is 0.850. The number of hydrogen-bond donors (Lipinski definition) is 1. The molecule has 0 fully saturated rings. The van der Waals surface area contributed by atoms with Crippen molar-refractivity contribution in [2.75, 3.05) is 6.61 Å². The smallest absolute Gasteiger partial charge is 0.339 e. The van der Waals surface area contributed by atoms with Crippen LogP contribution < -0.4 is 4.74 Å². The Kier molecular flexibility index (Phi) is 6.22. The Morgan fingerprint density at radius 1 is 1.45 bits per heavy atom. The van der Waals surface area contributed by atoms with E-state index in [1.54, 1.807) is 20.8 Å². The Morgan fingerprint density at radius 3 is 2.68 bits per heavy atom. The number of hydrogen-bond acceptors (Lipinski definition) is 5. The van der Waals surface area contributed by atoms with Crippen molar-refractivity contribution in [2.24, 2.45) is 4.99 Å². The molecular formula is C15H18FNO5. The SMILES string of the molecule is CC(C)(C)OC(CCOc1cc(F)ccc1C(=O)O)N=C=O. The Morgan fingerprint density at radius 2 is 2.14 bits per heavy atom. The zero-order valence-electron chi connectivity index (χ0n) is 12.6. The van der Waals surface area contributed by atoms with E-state index in [-0.39, 0.29) is 24.3 Å². The van der Waals surface area contributed by atoms with Gasteiger partial charge >= 0.3 is 5.97 Å². The molecule has 1 rings (SSSR count). The van der Waals surface area contributed by atoms with E-state index in [4.69, 9.17) is 14.6 Å². The second kappa shape index (κ2) is 7.68. The zero-order valence-corrected chi connectivity index (χ0v) is 12.6. The quantitative estimate of drug-likeness (QED) is 0.618. The third kappa shape index (κ3) is 6.03. The molecular weight excluding hydrogens is 293 g/mol. The van der Waals surface area contributed by atoms with E-state index in [2.05, 4.69) is 4.99 Å². The first-order chi connectivity index (χ1) is 10.2. The molecule has 0 aliphatic carbocycles. The molecule has 0 saturated carbocycles. The Balaban J connectivity index is 2.71. The number of carboxylic acid groups (broad SMARTS) is 1. The molecule has 1 N–H and O–H groups in total. The van der Waals surface area contributed by atoms with Crippen molar-refractivity contribution in [2.45, 2.75) is 39.0 Å². The van der Waals surface area contributed by atoms with Gasteiger partial charge in [-0.15, -0.1) is 0 Å². The molecule has 0 saturated heterocycles. The van der Waals surface area contributed by atoms with E-state index in [9.17, 15) is 14.0 Å². The van der Waals surface area contributed by atoms with Gasteiger partial charge in [-0.1, -0.05) is 0 Å². The maximum Gasteiger partial charge on any atom is 0.339 e. The number of aromatic carboxylic acids is 1. The number of nitrogens with zero attached hydrogens (tertiary/aromatic N) is 1. The van der Waals surface area contributed by atoms with E-state index in [1.165, 1.54) is 6.08 Å². The van der Waals surface area contributed by atoms with Crippen molar-refractivity contribution < 1.29 is 28.6 Å². The summed E-state index contributed by atoms with van der Waals surface area (Å²) in [5.74, 6) is -1.91. The second-order valence-corrected chi connectivity index (χ2v) is 5.49. The fraction of sp³-hybridized carbons (Fsp3) is 0.467. The number of isocyanates is 1. The normalized spacial score (nSPS) is 12.4. The standard InChI is InChI=1S/C15H18FNO5/c1-15(2,3)22-13(17-9-18)6-7-21-12-8-10(16)4-5-11(12)14(19)20/h4-5,8,13H,6-7H2,1-3H3,(H,19,20). The maximum atomic E-state index is 13.2. The van der Waals surface area contributed by atoms with E-state index in [0.717, 1.165) is 18.2 Å². The van der Waals surface area contributed by atoms with Gasteiger partial charge < -0.3 is 14.6 Å². The lowest BCUT2D eigenvalue weighted by atomic mass is 10.2. The fourth-order valence-corrected chi connectivity index (χ4v) is 1.68. The molecule has 0 spiro atoms. The monoisotopic (exact) mass is 311 g/mol. The molecule has 6 nitrogen and oxygen atoms in total. The summed E-state index contributed by atoms with van der Waals surface area (Å²) in [7, 11) is 0. The van der Waals surface area contributed by atoms with Crippen molar-refractivity contribution in [3.8, 4) is 5.75 Å². The van der Waals surface area contributed by atoms with Crippen LogP contribution in [0.5, 0.6) is 5.75 Å². The maximum absolute atomic E-state index is 13.2. The molecule has 0 aliphatic rings. The van der Waals surface area contributed by atoms with Crippen LogP contribution in [0.2, 0.25) is 0 Å². The molecule has 22 heavy (non-hydrogen) atoms. The summed E-state index contributed by atoms with van der Waals surface area (Å²) in [5, 5.41) is 9.01. The van der Waals surface area contributed by atoms with Gasteiger partial charge in [0.25, 0.3) is 0 Å². The van der Waals surface area contributed by atoms with Gasteiger partial charge in [0.05, 0.1) is 12.2 Å². The first-order valence-corrected chi connectivity index (χ1v) is 6.63. The first-order valence-electron chi connectivity index (χ1n) is 6.63. The second-order valence-electron chi connectivity index (χ2n) is 5.49. The lowest BCUT2D eigenvalue weighted by Crippen LogP contribution is -2.27. The van der Waals surface area contributed by atoms with Gasteiger partial charge in [-0.05, 0) is 32.9 Å². The largest absolute Gasteiger partial charge is 0.492 e. The summed E-state index contributed by atoms with van der Waals surface area (Å²) >= 11 is 0. The molecule has 0 amide bonds. The van der Waals surface area contributed by atoms with Crippen LogP contribution in [-0.2, 0) is 9.53 Å². The molecule has 0 heterocycles. The number of benzene rings is 1. The van der Waals surface area contributed by atoms with Crippen molar-refractivity contribution >= 4 is 12.0 Å². The van der Waals surface area contributed by atoms with Gasteiger partial charge in [0.2, 0.25) is 6.08 Å². The average molecular weight is 311 g/mol. The predicted molar refractivity (Wildman–Crippen MR) is 76.2 cm³/mol. The van der Waals surface area contributed by atoms with E-state index < -0.39 is 23.6 Å². The molecule has 7 heteroatoms. The summed E-state index contributed by atoms with van der Waals surface area (Å²) in [4.78, 5) is 24.9. The Hall–Kier alpha value is -2.24. The minimum Gasteiger partial charge on any atom is -0.492 e. The molecule has 1 atom stereocenters. The van der Waals surface area contributed by atoms with Crippen LogP contribution in [-0.4, -0.2) is 35.6 Å². The number of carbonyl (C=O) groups excluding carboxylic acids is 1. The van der Waals surface area contributed by atoms with E-state index in [0.29, 0.717) is 0 Å². The molecule has 0 radical (unpaired) electrons. The van der Waals surface area contributed by atoms with Gasteiger partial charge in [-0.3, -0.25) is 0 Å². The van der Waals surface area contributed by atoms with E-state index >= 15 is 0 Å². The van der Waals surface area contributed by atoms with Crippen LogP contribution >= 0.6 is 0 Å². The Bertz CT molecular complexity index is 576. The van der Waals surface area contributed by atoms with Crippen LogP contribution in [0.1, 0.15) is 37.6 Å². The molecule has 1 aromatic carbocycles. The van der Waals surface area contributed by atoms with Gasteiger partial charge in [0, 0.05) is 12.5 Å². The molecule has 1 unspecified atom stereocenters. The highest BCUT2D eigenvalue weighted by Crippen LogP contribution is 2.21. The van der Waals surface area contributed by atoms with Crippen LogP contribution in [0, 0.1) is 5.82 Å². The number of rotatable bonds is 7. The van der Waals surface area contributed by atoms with Crippen molar-refractivity contribution in [3.05, 3.63) is 29.6 Å². The van der Waals surface area contributed by atoms with Crippen LogP contribution in [0.15, 0.2) is 23.2 Å². The molecule has 0 aromatic heterocycles. The van der Waals surface area contributed by atoms with Crippen LogP contribution in [0.3, 0.4) is 0 Å². The van der Waals surface area contributed by atoms with Crippen molar-refractivity contribution in [1.82, 2.24) is 0 Å². The van der Waals surface area contributed by atoms with Crippen molar-refractivity contribution in [1.29, 1.82) is 0 Å². The molecule has 0 aliphatic heterocycles. The predicted octanol–water partition coefficient (Wildman–Crippen LogP) is 2.77. The Labute approximate surface area is 127 Å². The molecule has 120 valence electrons. The first kappa shape index (κ1) is 17.8. The minimum atomic E-state index is -1.22. The molecule has 0 bridgehead atoms. The minimum absolute atomic E-state index is 0.00958. The number of halogens is 1. The highest BCUT2D eigenvalue weighted by atomic mass is 19.1. The lowest BCUT2D eigenvalue weighted by molar-refractivity contribution is -0.0621. The third-order valence-electron chi connectivity index (χ3n) is 2.48. The van der Waals surface area contributed by atoms with Crippen LogP contribution in [0.4, 0.5) is 4.39 Å². The average Bonchev–Trinajstić information content (AvgIpc) is 2.36. The van der Waals surface area contributed by atoms with E-state index in [1.807, 2.05) is 0 Å².